The fourth-order valence-electron chi connectivity index (χ4n) is 3.63. The molecule has 30 heavy (non-hydrogen) atoms. The molecule has 2 amide bonds. The third kappa shape index (κ3) is 4.92. The van der Waals surface area contributed by atoms with Crippen molar-refractivity contribution in [1.29, 1.82) is 0 Å². The predicted molar refractivity (Wildman–Crippen MR) is 114 cm³/mol. The summed E-state index contributed by atoms with van der Waals surface area (Å²) < 4.78 is 5.23. The highest BCUT2D eigenvalue weighted by Crippen LogP contribution is 2.22. The summed E-state index contributed by atoms with van der Waals surface area (Å²) in [6.45, 7) is 1.48. The maximum absolute atomic E-state index is 12.3. The van der Waals surface area contributed by atoms with Gasteiger partial charge in [0, 0.05) is 36.0 Å². The molecule has 4 rings (SSSR count). The number of anilines is 1. The van der Waals surface area contributed by atoms with Crippen molar-refractivity contribution in [2.45, 2.75) is 38.3 Å². The molecule has 1 unspecified atom stereocenters. The van der Waals surface area contributed by atoms with E-state index >= 15 is 0 Å². The first-order valence-corrected chi connectivity index (χ1v) is 10.8. The number of thiophene rings is 1. The number of carbonyl (C=O) groups is 2. The molecular formula is C21H23N5O3S. The van der Waals surface area contributed by atoms with Crippen molar-refractivity contribution >= 4 is 28.8 Å². The van der Waals surface area contributed by atoms with E-state index in [0.29, 0.717) is 24.7 Å². The number of hydrogen-bond acceptors (Lipinski definition) is 7. The van der Waals surface area contributed by atoms with Gasteiger partial charge in [-0.3, -0.25) is 14.5 Å². The Hall–Kier alpha value is -3.04. The summed E-state index contributed by atoms with van der Waals surface area (Å²) in [5, 5.41) is 10.8. The molecule has 0 saturated carbocycles. The molecule has 3 N–H and O–H groups in total. The Labute approximate surface area is 178 Å². The van der Waals surface area contributed by atoms with Gasteiger partial charge in [0.2, 0.25) is 23.5 Å². The quantitative estimate of drug-likeness (QED) is 0.574. The molecule has 8 nitrogen and oxygen atoms in total. The number of nitrogens with two attached hydrogens (primary N) is 1. The molecule has 9 heteroatoms. The zero-order chi connectivity index (χ0) is 20.9. The third-order valence-electron chi connectivity index (χ3n) is 5.10. The van der Waals surface area contributed by atoms with E-state index in [2.05, 4.69) is 20.4 Å². The van der Waals surface area contributed by atoms with E-state index < -0.39 is 0 Å². The average molecular weight is 426 g/mol. The Bertz CT molecular complexity index is 1020. The SMILES string of the molecule is NC(=O)C1CCCN1Cc1cccc(NC(=O)CCc2nc(-c3ccsc3)no2)c1. The third-order valence-corrected chi connectivity index (χ3v) is 5.79. The predicted octanol–water partition coefficient (Wildman–Crippen LogP) is 2.82. The highest BCUT2D eigenvalue weighted by Gasteiger charge is 2.28. The lowest BCUT2D eigenvalue weighted by molar-refractivity contribution is -0.122. The summed E-state index contributed by atoms with van der Waals surface area (Å²) in [6, 6.07) is 9.36. The molecule has 0 radical (unpaired) electrons. The van der Waals surface area contributed by atoms with Crippen LogP contribution in [0.4, 0.5) is 5.69 Å². The highest BCUT2D eigenvalue weighted by atomic mass is 32.1. The second-order valence-corrected chi connectivity index (χ2v) is 8.08. The number of hydrogen-bond donors (Lipinski definition) is 2. The fourth-order valence-corrected chi connectivity index (χ4v) is 4.26. The summed E-state index contributed by atoms with van der Waals surface area (Å²) in [5.74, 6) is 0.570. The number of primary amides is 1. The van der Waals surface area contributed by atoms with Gasteiger partial charge in [0.25, 0.3) is 0 Å². The molecular weight excluding hydrogens is 402 g/mol. The molecule has 0 aliphatic carbocycles. The van der Waals surface area contributed by atoms with Gasteiger partial charge in [0.05, 0.1) is 6.04 Å². The smallest absolute Gasteiger partial charge is 0.234 e. The minimum atomic E-state index is -0.278. The molecule has 1 atom stereocenters. The van der Waals surface area contributed by atoms with Crippen LogP contribution < -0.4 is 11.1 Å². The van der Waals surface area contributed by atoms with Crippen LogP contribution in [0.1, 0.15) is 30.7 Å². The first-order chi connectivity index (χ1) is 14.6. The van der Waals surface area contributed by atoms with E-state index in [1.807, 2.05) is 41.1 Å². The van der Waals surface area contributed by atoms with Crippen LogP contribution in [0.15, 0.2) is 45.6 Å². The lowest BCUT2D eigenvalue weighted by atomic mass is 10.1. The zero-order valence-corrected chi connectivity index (χ0v) is 17.2. The molecule has 3 aromatic rings. The minimum absolute atomic E-state index is 0.126. The number of rotatable bonds is 8. The average Bonchev–Trinajstić information content (AvgIpc) is 3.47. The van der Waals surface area contributed by atoms with Gasteiger partial charge in [0.15, 0.2) is 0 Å². The maximum Gasteiger partial charge on any atom is 0.234 e. The minimum Gasteiger partial charge on any atom is -0.368 e. The van der Waals surface area contributed by atoms with Crippen molar-refractivity contribution < 1.29 is 14.1 Å². The van der Waals surface area contributed by atoms with Gasteiger partial charge in [0.1, 0.15) is 0 Å². The van der Waals surface area contributed by atoms with Crippen molar-refractivity contribution in [1.82, 2.24) is 15.0 Å². The summed E-state index contributed by atoms with van der Waals surface area (Å²) in [5.41, 5.74) is 8.15. The topological polar surface area (TPSA) is 114 Å². The summed E-state index contributed by atoms with van der Waals surface area (Å²) >= 11 is 1.56. The van der Waals surface area contributed by atoms with Gasteiger partial charge in [-0.1, -0.05) is 17.3 Å². The number of aromatic nitrogens is 2. The van der Waals surface area contributed by atoms with Crippen molar-refractivity contribution in [3.63, 3.8) is 0 Å². The molecule has 0 bridgehead atoms. The van der Waals surface area contributed by atoms with E-state index in [1.54, 1.807) is 11.3 Å². The molecule has 3 heterocycles. The molecule has 1 aromatic carbocycles. The summed E-state index contributed by atoms with van der Waals surface area (Å²) in [4.78, 5) is 30.3. The van der Waals surface area contributed by atoms with Gasteiger partial charge in [-0.2, -0.15) is 16.3 Å². The van der Waals surface area contributed by atoms with Crippen LogP contribution in [0.25, 0.3) is 11.4 Å². The lowest BCUT2D eigenvalue weighted by Crippen LogP contribution is -2.39. The van der Waals surface area contributed by atoms with E-state index in [0.717, 1.165) is 36.2 Å². The van der Waals surface area contributed by atoms with Gasteiger partial charge in [-0.25, -0.2) is 0 Å². The van der Waals surface area contributed by atoms with Crippen molar-refractivity contribution in [3.05, 3.63) is 52.5 Å². The van der Waals surface area contributed by atoms with Crippen LogP contribution in [0.5, 0.6) is 0 Å². The van der Waals surface area contributed by atoms with Crippen molar-refractivity contribution in [3.8, 4) is 11.4 Å². The highest BCUT2D eigenvalue weighted by molar-refractivity contribution is 7.08. The molecule has 1 fully saturated rings. The van der Waals surface area contributed by atoms with Crippen LogP contribution in [0.2, 0.25) is 0 Å². The van der Waals surface area contributed by atoms with Gasteiger partial charge < -0.3 is 15.6 Å². The Balaban J connectivity index is 1.30. The number of carbonyl (C=O) groups excluding carboxylic acids is 2. The molecule has 1 aliphatic rings. The fraction of sp³-hybridized carbons (Fsp3) is 0.333. The normalized spacial score (nSPS) is 16.6. The molecule has 1 aliphatic heterocycles. The first kappa shape index (κ1) is 20.2. The standard InChI is InChI=1S/C21H23N5O3S/c22-20(28)17-5-2-9-26(17)12-14-3-1-4-16(11-14)23-18(27)6-7-19-24-21(25-29-19)15-8-10-30-13-15/h1,3-4,8,10-11,13,17H,2,5-7,9,12H2,(H2,22,28)(H,23,27). The van der Waals surface area contributed by atoms with Crippen LogP contribution in [-0.2, 0) is 22.6 Å². The number of likely N-dealkylation sites (tertiary alicyclic amines) is 1. The summed E-state index contributed by atoms with van der Waals surface area (Å²) in [7, 11) is 0. The Morgan fingerprint density at radius 2 is 2.23 bits per heavy atom. The monoisotopic (exact) mass is 425 g/mol. The molecule has 2 aromatic heterocycles. The van der Waals surface area contributed by atoms with Crippen molar-refractivity contribution in [2.24, 2.45) is 5.73 Å². The number of nitrogens with one attached hydrogen (secondary N) is 1. The Morgan fingerprint density at radius 1 is 1.33 bits per heavy atom. The van der Waals surface area contributed by atoms with Crippen molar-refractivity contribution in [2.75, 3.05) is 11.9 Å². The molecule has 1 saturated heterocycles. The first-order valence-electron chi connectivity index (χ1n) is 9.86. The summed E-state index contributed by atoms with van der Waals surface area (Å²) in [6.07, 6.45) is 2.38. The molecule has 0 spiro atoms. The zero-order valence-electron chi connectivity index (χ0n) is 16.4. The second-order valence-electron chi connectivity index (χ2n) is 7.30. The Kier molecular flexibility index (Phi) is 6.20. The second kappa shape index (κ2) is 9.19. The van der Waals surface area contributed by atoms with Gasteiger partial charge >= 0.3 is 0 Å². The van der Waals surface area contributed by atoms with Crippen LogP contribution in [-0.4, -0.2) is 39.4 Å². The number of nitrogens with zero attached hydrogens (tertiary/aromatic N) is 3. The van der Waals surface area contributed by atoms with Gasteiger partial charge in [-0.05, 0) is 48.5 Å². The molecule has 156 valence electrons. The Morgan fingerprint density at radius 3 is 3.03 bits per heavy atom. The lowest BCUT2D eigenvalue weighted by Gasteiger charge is -2.22. The van der Waals surface area contributed by atoms with E-state index in [1.165, 1.54) is 0 Å². The van der Waals surface area contributed by atoms with Crippen LogP contribution >= 0.6 is 11.3 Å². The maximum atomic E-state index is 12.3. The number of amides is 2. The van der Waals surface area contributed by atoms with E-state index in [9.17, 15) is 9.59 Å². The largest absolute Gasteiger partial charge is 0.368 e. The van der Waals surface area contributed by atoms with Crippen LogP contribution in [0, 0.1) is 0 Å². The van der Waals surface area contributed by atoms with E-state index in [-0.39, 0.29) is 24.3 Å². The van der Waals surface area contributed by atoms with E-state index in [4.69, 9.17) is 10.3 Å². The number of benzene rings is 1. The van der Waals surface area contributed by atoms with Gasteiger partial charge in [-0.15, -0.1) is 0 Å². The van der Waals surface area contributed by atoms with Crippen LogP contribution in [0.3, 0.4) is 0 Å². The number of aryl methyl sites for hydroxylation is 1.